The Hall–Kier alpha value is -2.30. The lowest BCUT2D eigenvalue weighted by Gasteiger charge is -2.13. The summed E-state index contributed by atoms with van der Waals surface area (Å²) in [5, 5.41) is 3.19. The van der Waals surface area contributed by atoms with E-state index >= 15 is 0 Å². The molecule has 0 aliphatic rings. The van der Waals surface area contributed by atoms with Crippen molar-refractivity contribution in [3.8, 4) is 5.88 Å². The van der Waals surface area contributed by atoms with Crippen molar-refractivity contribution in [2.24, 2.45) is 0 Å². The fraction of sp³-hybridized carbons (Fsp3) is 0.286. The third-order valence-electron chi connectivity index (χ3n) is 2.50. The molecule has 2 aromatic rings. The number of benzene rings is 1. The van der Waals surface area contributed by atoms with Crippen LogP contribution in [0.15, 0.2) is 36.7 Å². The van der Waals surface area contributed by atoms with Crippen molar-refractivity contribution < 1.29 is 4.74 Å². The van der Waals surface area contributed by atoms with E-state index < -0.39 is 0 Å². The fourth-order valence-corrected chi connectivity index (χ4v) is 1.62. The quantitative estimate of drug-likeness (QED) is 0.861. The Bertz CT molecular complexity index is 528. The highest BCUT2D eigenvalue weighted by molar-refractivity contribution is 5.66. The van der Waals surface area contributed by atoms with Gasteiger partial charge in [-0.05, 0) is 19.4 Å². The van der Waals surface area contributed by atoms with Crippen molar-refractivity contribution in [1.29, 1.82) is 0 Å². The zero-order valence-corrected chi connectivity index (χ0v) is 11.1. The van der Waals surface area contributed by atoms with Gasteiger partial charge in [0.05, 0.1) is 6.10 Å². The van der Waals surface area contributed by atoms with Crippen molar-refractivity contribution in [2.75, 3.05) is 11.1 Å². The van der Waals surface area contributed by atoms with Gasteiger partial charge in [-0.3, -0.25) is 0 Å². The molecule has 3 N–H and O–H groups in total. The zero-order chi connectivity index (χ0) is 13.7. The van der Waals surface area contributed by atoms with E-state index in [1.165, 1.54) is 6.33 Å². The third-order valence-corrected chi connectivity index (χ3v) is 2.50. The molecule has 0 bridgehead atoms. The first-order valence-electron chi connectivity index (χ1n) is 6.21. The first kappa shape index (κ1) is 13.1. The Morgan fingerprint density at radius 1 is 1.21 bits per heavy atom. The average Bonchev–Trinajstić information content (AvgIpc) is 2.40. The smallest absolute Gasteiger partial charge is 0.242 e. The fourth-order valence-electron chi connectivity index (χ4n) is 1.62. The number of ether oxygens (including phenoxy) is 1. The van der Waals surface area contributed by atoms with Crippen LogP contribution < -0.4 is 15.8 Å². The average molecular weight is 258 g/mol. The number of rotatable bonds is 5. The summed E-state index contributed by atoms with van der Waals surface area (Å²) < 4.78 is 5.52. The van der Waals surface area contributed by atoms with Crippen LogP contribution in [-0.2, 0) is 6.54 Å². The lowest BCUT2D eigenvalue weighted by atomic mass is 10.2. The van der Waals surface area contributed by atoms with Crippen molar-refractivity contribution >= 4 is 11.5 Å². The third kappa shape index (κ3) is 3.58. The van der Waals surface area contributed by atoms with Gasteiger partial charge in [-0.25, -0.2) is 4.98 Å². The Balaban J connectivity index is 2.08. The van der Waals surface area contributed by atoms with Gasteiger partial charge in [0.15, 0.2) is 5.82 Å². The first-order valence-corrected chi connectivity index (χ1v) is 6.21. The summed E-state index contributed by atoms with van der Waals surface area (Å²) >= 11 is 0. The standard InChI is InChI=1S/C14H18N4O/c1-10(2)19-14-12(15)13(17-9-18-14)16-8-11-6-4-3-5-7-11/h3-7,9-10H,8,15H2,1-2H3,(H,16,17,18). The topological polar surface area (TPSA) is 73.1 Å². The molecule has 0 saturated carbocycles. The minimum Gasteiger partial charge on any atom is -0.473 e. The Morgan fingerprint density at radius 2 is 1.95 bits per heavy atom. The monoisotopic (exact) mass is 258 g/mol. The molecule has 2 rings (SSSR count). The van der Waals surface area contributed by atoms with Crippen molar-refractivity contribution in [3.05, 3.63) is 42.2 Å². The second-order valence-corrected chi connectivity index (χ2v) is 4.45. The van der Waals surface area contributed by atoms with Gasteiger partial charge in [0.2, 0.25) is 5.88 Å². The van der Waals surface area contributed by atoms with Gasteiger partial charge in [0.1, 0.15) is 12.0 Å². The summed E-state index contributed by atoms with van der Waals surface area (Å²) in [5.74, 6) is 1.01. The summed E-state index contributed by atoms with van der Waals surface area (Å²) in [4.78, 5) is 8.17. The largest absolute Gasteiger partial charge is 0.473 e. The predicted octanol–water partition coefficient (Wildman–Crippen LogP) is 2.46. The lowest BCUT2D eigenvalue weighted by Crippen LogP contribution is -2.11. The van der Waals surface area contributed by atoms with Crippen molar-refractivity contribution in [1.82, 2.24) is 9.97 Å². The maximum atomic E-state index is 5.98. The van der Waals surface area contributed by atoms with Crippen LogP contribution in [0.2, 0.25) is 0 Å². The molecular formula is C14H18N4O. The number of hydrogen-bond donors (Lipinski definition) is 2. The van der Waals surface area contributed by atoms with Crippen LogP contribution in [0.1, 0.15) is 19.4 Å². The maximum Gasteiger partial charge on any atom is 0.242 e. The molecule has 0 radical (unpaired) electrons. The molecule has 19 heavy (non-hydrogen) atoms. The molecule has 0 unspecified atom stereocenters. The van der Waals surface area contributed by atoms with E-state index in [4.69, 9.17) is 10.5 Å². The molecule has 0 amide bonds. The van der Waals surface area contributed by atoms with Gasteiger partial charge in [-0.1, -0.05) is 30.3 Å². The second-order valence-electron chi connectivity index (χ2n) is 4.45. The number of hydrogen-bond acceptors (Lipinski definition) is 5. The minimum absolute atomic E-state index is 0.0270. The number of nitrogens with two attached hydrogens (primary N) is 1. The molecule has 1 heterocycles. The second kappa shape index (κ2) is 6.04. The molecule has 0 spiro atoms. The molecule has 0 aliphatic carbocycles. The van der Waals surface area contributed by atoms with E-state index in [-0.39, 0.29) is 6.10 Å². The van der Waals surface area contributed by atoms with Gasteiger partial charge in [-0.15, -0.1) is 0 Å². The van der Waals surface area contributed by atoms with E-state index in [1.807, 2.05) is 44.2 Å². The number of nitrogens with one attached hydrogen (secondary N) is 1. The van der Waals surface area contributed by atoms with Gasteiger partial charge < -0.3 is 15.8 Å². The highest BCUT2D eigenvalue weighted by Gasteiger charge is 2.10. The van der Waals surface area contributed by atoms with Crippen molar-refractivity contribution in [3.63, 3.8) is 0 Å². The van der Waals surface area contributed by atoms with E-state index in [0.717, 1.165) is 5.56 Å². The Morgan fingerprint density at radius 3 is 2.63 bits per heavy atom. The summed E-state index contributed by atoms with van der Waals surface area (Å²) in [6.45, 7) is 4.51. The Labute approximate surface area is 112 Å². The predicted molar refractivity (Wildman–Crippen MR) is 76.0 cm³/mol. The van der Waals surface area contributed by atoms with Crippen LogP contribution in [0.3, 0.4) is 0 Å². The molecule has 0 aliphatic heterocycles. The van der Waals surface area contributed by atoms with Gasteiger partial charge in [0.25, 0.3) is 0 Å². The van der Waals surface area contributed by atoms with E-state index in [9.17, 15) is 0 Å². The van der Waals surface area contributed by atoms with E-state index in [2.05, 4.69) is 15.3 Å². The van der Waals surface area contributed by atoms with Gasteiger partial charge in [0, 0.05) is 6.54 Å². The lowest BCUT2D eigenvalue weighted by molar-refractivity contribution is 0.234. The zero-order valence-electron chi connectivity index (χ0n) is 11.1. The maximum absolute atomic E-state index is 5.98. The molecular weight excluding hydrogens is 240 g/mol. The van der Waals surface area contributed by atoms with Crippen LogP contribution in [-0.4, -0.2) is 16.1 Å². The molecule has 0 fully saturated rings. The van der Waals surface area contributed by atoms with Crippen LogP contribution >= 0.6 is 0 Å². The molecule has 100 valence electrons. The summed E-state index contributed by atoms with van der Waals surface area (Å²) in [6, 6.07) is 10.0. The number of aromatic nitrogens is 2. The van der Waals surface area contributed by atoms with Gasteiger partial charge >= 0.3 is 0 Å². The molecule has 0 saturated heterocycles. The van der Waals surface area contributed by atoms with Crippen LogP contribution in [0, 0.1) is 0 Å². The molecule has 0 atom stereocenters. The van der Waals surface area contributed by atoms with E-state index in [0.29, 0.717) is 23.9 Å². The van der Waals surface area contributed by atoms with Crippen LogP contribution in [0.5, 0.6) is 5.88 Å². The summed E-state index contributed by atoms with van der Waals surface area (Å²) in [5.41, 5.74) is 7.58. The van der Waals surface area contributed by atoms with Crippen LogP contribution in [0.4, 0.5) is 11.5 Å². The summed E-state index contributed by atoms with van der Waals surface area (Å²) in [7, 11) is 0. The molecule has 5 nitrogen and oxygen atoms in total. The number of nitrogen functional groups attached to an aromatic ring is 1. The molecule has 1 aromatic heterocycles. The molecule has 1 aromatic carbocycles. The number of anilines is 2. The van der Waals surface area contributed by atoms with Crippen LogP contribution in [0.25, 0.3) is 0 Å². The highest BCUT2D eigenvalue weighted by Crippen LogP contribution is 2.25. The molecule has 5 heteroatoms. The Kier molecular flexibility index (Phi) is 4.18. The van der Waals surface area contributed by atoms with Gasteiger partial charge in [-0.2, -0.15) is 4.98 Å². The van der Waals surface area contributed by atoms with E-state index in [1.54, 1.807) is 0 Å². The number of nitrogens with zero attached hydrogens (tertiary/aromatic N) is 2. The summed E-state index contributed by atoms with van der Waals surface area (Å²) in [6.07, 6.45) is 1.47. The van der Waals surface area contributed by atoms with Crippen molar-refractivity contribution in [2.45, 2.75) is 26.5 Å². The highest BCUT2D eigenvalue weighted by atomic mass is 16.5. The SMILES string of the molecule is CC(C)Oc1ncnc(NCc2ccccc2)c1N. The first-order chi connectivity index (χ1) is 9.16. The normalized spacial score (nSPS) is 10.5. The minimum atomic E-state index is 0.0270.